The third-order valence-corrected chi connectivity index (χ3v) is 4.10. The average Bonchev–Trinajstić information content (AvgIpc) is 2.54. The normalized spacial score (nSPS) is 15.6. The number of alkyl halides is 3. The van der Waals surface area contributed by atoms with E-state index < -0.39 is 36.0 Å². The smallest absolute Gasteiger partial charge is 0.416 e. The molecule has 0 aliphatic heterocycles. The summed E-state index contributed by atoms with van der Waals surface area (Å²) in [5.41, 5.74) is 4.77. The largest absolute Gasteiger partial charge is 0.486 e. The molecule has 0 amide bonds. The topological polar surface area (TPSA) is 61.5 Å². The third kappa shape index (κ3) is 6.23. The SMILES string of the molecule is CCC(CC)[C@@H](Oc1ccc(C(F)(F)F)cc1)[C@H](C)OC(=O)[C@H](C)N. The zero-order valence-corrected chi connectivity index (χ0v) is 15.0. The van der Waals surface area contributed by atoms with Gasteiger partial charge in [0.1, 0.15) is 24.0 Å². The number of hydrogen-bond donors (Lipinski definition) is 1. The molecule has 0 heterocycles. The summed E-state index contributed by atoms with van der Waals surface area (Å²) in [4.78, 5) is 11.7. The standard InChI is InChI=1S/C18H26F3NO3/c1-5-13(6-2)16(12(4)24-17(23)11(3)22)25-15-9-7-14(8-10-15)18(19,20)21/h7-13,16H,5-6,22H2,1-4H3/t11-,12-,16-/m0/s1. The highest BCUT2D eigenvalue weighted by Crippen LogP contribution is 2.31. The monoisotopic (exact) mass is 361 g/mol. The molecule has 0 spiro atoms. The molecule has 4 nitrogen and oxygen atoms in total. The number of carbonyl (C=O) groups excluding carboxylic acids is 1. The van der Waals surface area contributed by atoms with E-state index in [4.69, 9.17) is 15.2 Å². The van der Waals surface area contributed by atoms with Gasteiger partial charge in [0.25, 0.3) is 0 Å². The van der Waals surface area contributed by atoms with E-state index in [0.717, 1.165) is 25.0 Å². The first-order chi connectivity index (χ1) is 11.6. The predicted molar refractivity (Wildman–Crippen MR) is 89.1 cm³/mol. The molecule has 0 aliphatic rings. The van der Waals surface area contributed by atoms with E-state index in [1.165, 1.54) is 19.1 Å². The maximum atomic E-state index is 12.7. The molecule has 0 aromatic heterocycles. The minimum Gasteiger partial charge on any atom is -0.486 e. The Kier molecular flexibility index (Phi) is 7.73. The minimum atomic E-state index is -4.40. The Hall–Kier alpha value is -1.76. The Morgan fingerprint density at radius 3 is 2.04 bits per heavy atom. The molecular weight excluding hydrogens is 335 g/mol. The Balaban J connectivity index is 2.95. The number of halogens is 3. The Morgan fingerprint density at radius 1 is 1.12 bits per heavy atom. The van der Waals surface area contributed by atoms with Gasteiger partial charge in [-0.1, -0.05) is 13.8 Å². The van der Waals surface area contributed by atoms with Crippen LogP contribution in [0.2, 0.25) is 0 Å². The zero-order valence-electron chi connectivity index (χ0n) is 15.0. The number of nitrogens with two attached hydrogens (primary N) is 1. The molecule has 2 N–H and O–H groups in total. The summed E-state index contributed by atoms with van der Waals surface area (Å²) < 4.78 is 49.2. The van der Waals surface area contributed by atoms with Crippen molar-refractivity contribution < 1.29 is 27.4 Å². The molecule has 1 rings (SSSR count). The molecule has 142 valence electrons. The van der Waals surface area contributed by atoms with Gasteiger partial charge in [-0.3, -0.25) is 4.79 Å². The maximum absolute atomic E-state index is 12.7. The molecule has 0 saturated carbocycles. The second kappa shape index (κ2) is 9.08. The van der Waals surface area contributed by atoms with Gasteiger partial charge in [0, 0.05) is 0 Å². The summed E-state index contributed by atoms with van der Waals surface area (Å²) in [7, 11) is 0. The van der Waals surface area contributed by atoms with Crippen LogP contribution in [-0.2, 0) is 15.7 Å². The Labute approximate surface area is 146 Å². The van der Waals surface area contributed by atoms with Gasteiger partial charge in [-0.15, -0.1) is 0 Å². The lowest BCUT2D eigenvalue weighted by molar-refractivity contribution is -0.155. The Bertz CT molecular complexity index is 539. The van der Waals surface area contributed by atoms with E-state index in [2.05, 4.69) is 0 Å². The molecule has 7 heteroatoms. The molecule has 0 aliphatic carbocycles. The van der Waals surface area contributed by atoms with Gasteiger partial charge in [-0.05, 0) is 56.9 Å². The second-order valence-corrected chi connectivity index (χ2v) is 6.11. The highest BCUT2D eigenvalue weighted by Gasteiger charge is 2.32. The fraction of sp³-hybridized carbons (Fsp3) is 0.611. The van der Waals surface area contributed by atoms with Crippen LogP contribution in [-0.4, -0.2) is 24.2 Å². The van der Waals surface area contributed by atoms with Crippen LogP contribution < -0.4 is 10.5 Å². The average molecular weight is 361 g/mol. The van der Waals surface area contributed by atoms with Crippen LogP contribution in [0.3, 0.4) is 0 Å². The van der Waals surface area contributed by atoms with Crippen LogP contribution in [0.25, 0.3) is 0 Å². The van der Waals surface area contributed by atoms with Crippen molar-refractivity contribution in [1.82, 2.24) is 0 Å². The van der Waals surface area contributed by atoms with Crippen LogP contribution in [0.15, 0.2) is 24.3 Å². The van der Waals surface area contributed by atoms with Crippen LogP contribution in [0.5, 0.6) is 5.75 Å². The van der Waals surface area contributed by atoms with E-state index in [-0.39, 0.29) is 5.92 Å². The summed E-state index contributed by atoms with van der Waals surface area (Å²) in [6, 6.07) is 3.74. The van der Waals surface area contributed by atoms with Gasteiger partial charge >= 0.3 is 12.1 Å². The number of esters is 1. The highest BCUT2D eigenvalue weighted by atomic mass is 19.4. The Morgan fingerprint density at radius 2 is 1.64 bits per heavy atom. The van der Waals surface area contributed by atoms with E-state index in [1.54, 1.807) is 6.92 Å². The molecule has 0 saturated heterocycles. The van der Waals surface area contributed by atoms with Crippen LogP contribution in [0.4, 0.5) is 13.2 Å². The summed E-state index contributed by atoms with van der Waals surface area (Å²) in [5.74, 6) is -0.161. The molecule has 0 fully saturated rings. The minimum absolute atomic E-state index is 0.0816. The molecule has 0 unspecified atom stereocenters. The molecule has 1 aromatic carbocycles. The highest BCUT2D eigenvalue weighted by molar-refractivity contribution is 5.75. The lowest BCUT2D eigenvalue weighted by Crippen LogP contribution is -2.42. The second-order valence-electron chi connectivity index (χ2n) is 6.11. The quantitative estimate of drug-likeness (QED) is 0.706. The number of ether oxygens (including phenoxy) is 2. The molecular formula is C18H26F3NO3. The van der Waals surface area contributed by atoms with Crippen molar-refractivity contribution >= 4 is 5.97 Å². The van der Waals surface area contributed by atoms with Gasteiger partial charge in [0.15, 0.2) is 0 Å². The van der Waals surface area contributed by atoms with Gasteiger partial charge in [-0.25, -0.2) is 0 Å². The summed E-state index contributed by atoms with van der Waals surface area (Å²) in [6.07, 6.45) is -3.89. The summed E-state index contributed by atoms with van der Waals surface area (Å²) in [6.45, 7) is 7.19. The van der Waals surface area contributed by atoms with Crippen LogP contribution >= 0.6 is 0 Å². The van der Waals surface area contributed by atoms with Gasteiger partial charge in [-0.2, -0.15) is 13.2 Å². The molecule has 25 heavy (non-hydrogen) atoms. The van der Waals surface area contributed by atoms with Gasteiger partial charge in [0.05, 0.1) is 5.56 Å². The lowest BCUT2D eigenvalue weighted by atomic mass is 9.93. The molecule has 3 atom stereocenters. The third-order valence-electron chi connectivity index (χ3n) is 4.10. The first-order valence-electron chi connectivity index (χ1n) is 8.40. The number of rotatable bonds is 8. The van der Waals surface area contributed by atoms with E-state index in [0.29, 0.717) is 5.75 Å². The van der Waals surface area contributed by atoms with Crippen molar-refractivity contribution in [2.75, 3.05) is 0 Å². The fourth-order valence-electron chi connectivity index (χ4n) is 2.57. The van der Waals surface area contributed by atoms with Crippen molar-refractivity contribution in [1.29, 1.82) is 0 Å². The molecule has 0 bridgehead atoms. The van der Waals surface area contributed by atoms with Gasteiger partial charge in [0.2, 0.25) is 0 Å². The summed E-state index contributed by atoms with van der Waals surface area (Å²) >= 11 is 0. The van der Waals surface area contributed by atoms with Crippen molar-refractivity contribution in [2.45, 2.75) is 65.0 Å². The molecule has 1 aromatic rings. The summed E-state index contributed by atoms with van der Waals surface area (Å²) in [5, 5.41) is 0. The number of benzene rings is 1. The van der Waals surface area contributed by atoms with Crippen molar-refractivity contribution in [3.63, 3.8) is 0 Å². The number of hydrogen-bond acceptors (Lipinski definition) is 4. The van der Waals surface area contributed by atoms with Gasteiger partial charge < -0.3 is 15.2 Å². The van der Waals surface area contributed by atoms with Crippen LogP contribution in [0.1, 0.15) is 46.1 Å². The van der Waals surface area contributed by atoms with Crippen LogP contribution in [0, 0.1) is 5.92 Å². The van der Waals surface area contributed by atoms with Crippen molar-refractivity contribution in [3.05, 3.63) is 29.8 Å². The van der Waals surface area contributed by atoms with E-state index in [9.17, 15) is 18.0 Å². The number of carbonyl (C=O) groups is 1. The predicted octanol–water partition coefficient (Wildman–Crippen LogP) is 4.17. The molecule has 0 radical (unpaired) electrons. The van der Waals surface area contributed by atoms with E-state index in [1.807, 2.05) is 13.8 Å². The first kappa shape index (κ1) is 21.3. The fourth-order valence-corrected chi connectivity index (χ4v) is 2.57. The first-order valence-corrected chi connectivity index (χ1v) is 8.40. The zero-order chi connectivity index (χ0) is 19.2. The lowest BCUT2D eigenvalue weighted by Gasteiger charge is -2.31. The van der Waals surface area contributed by atoms with Crippen molar-refractivity contribution in [2.24, 2.45) is 11.7 Å². The maximum Gasteiger partial charge on any atom is 0.416 e. The van der Waals surface area contributed by atoms with E-state index >= 15 is 0 Å². The van der Waals surface area contributed by atoms with Crippen molar-refractivity contribution in [3.8, 4) is 5.75 Å².